The third-order valence-corrected chi connectivity index (χ3v) is 4.55. The Bertz CT molecular complexity index is 1260. The number of nitrogens with zero attached hydrogens (tertiary/aromatic N) is 1. The molecule has 0 spiro atoms. The highest BCUT2D eigenvalue weighted by atomic mass is 19.3. The number of hydrogen-bond donors (Lipinski definition) is 0. The maximum atomic E-state index is 12.7. The summed E-state index contributed by atoms with van der Waals surface area (Å²) < 4.78 is 69.3. The van der Waals surface area contributed by atoms with Crippen LogP contribution in [0.15, 0.2) is 66.7 Å². The van der Waals surface area contributed by atoms with Crippen molar-refractivity contribution in [3.8, 4) is 28.7 Å². The Labute approximate surface area is 201 Å². The number of nitro benzene ring substituents is 1. The number of rotatable bonds is 11. The topological polar surface area (TPSA) is 97.1 Å². The van der Waals surface area contributed by atoms with Gasteiger partial charge in [0.15, 0.2) is 5.78 Å². The monoisotopic (exact) mass is 507 g/mol. The van der Waals surface area contributed by atoms with E-state index in [9.17, 15) is 32.5 Å². The molecule has 188 valence electrons. The number of halogens is 4. The molecule has 0 aliphatic heterocycles. The summed E-state index contributed by atoms with van der Waals surface area (Å²) in [6.45, 7) is -6.54. The lowest BCUT2D eigenvalue weighted by atomic mass is 10.1. The Hall–Kier alpha value is -4.61. The number of benzene rings is 3. The molecular weight excluding hydrogens is 490 g/mol. The van der Waals surface area contributed by atoms with Gasteiger partial charge in [-0.3, -0.25) is 14.9 Å². The van der Waals surface area contributed by atoms with E-state index in [1.165, 1.54) is 25.3 Å². The summed E-state index contributed by atoms with van der Waals surface area (Å²) in [7, 11) is 1.49. The van der Waals surface area contributed by atoms with E-state index >= 15 is 0 Å². The zero-order chi connectivity index (χ0) is 26.2. The summed E-state index contributed by atoms with van der Waals surface area (Å²) in [6, 6.07) is 13.0. The maximum absolute atomic E-state index is 12.7. The van der Waals surface area contributed by atoms with Crippen LogP contribution in [0.5, 0.6) is 28.7 Å². The van der Waals surface area contributed by atoms with E-state index in [-0.39, 0.29) is 16.9 Å². The molecule has 12 heteroatoms. The lowest BCUT2D eigenvalue weighted by Gasteiger charge is -2.11. The molecule has 0 saturated heterocycles. The quantitative estimate of drug-likeness (QED) is 0.0962. The first-order chi connectivity index (χ1) is 17.2. The molecule has 3 rings (SSSR count). The van der Waals surface area contributed by atoms with E-state index in [2.05, 4.69) is 9.47 Å². The van der Waals surface area contributed by atoms with Gasteiger partial charge in [-0.15, -0.1) is 0 Å². The minimum atomic E-state index is -3.33. The van der Waals surface area contributed by atoms with Gasteiger partial charge in [-0.1, -0.05) is 12.1 Å². The average molecular weight is 507 g/mol. The molecule has 8 nitrogen and oxygen atoms in total. The zero-order valence-corrected chi connectivity index (χ0v) is 18.4. The van der Waals surface area contributed by atoms with E-state index < -0.39 is 41.1 Å². The van der Waals surface area contributed by atoms with E-state index in [1.807, 2.05) is 0 Å². The molecule has 0 atom stereocenters. The summed E-state index contributed by atoms with van der Waals surface area (Å²) in [6.07, 6.45) is 2.17. The van der Waals surface area contributed by atoms with Crippen molar-refractivity contribution in [1.82, 2.24) is 0 Å². The van der Waals surface area contributed by atoms with Crippen molar-refractivity contribution in [3.63, 3.8) is 0 Å². The molecule has 0 aromatic heterocycles. The second-order valence-corrected chi connectivity index (χ2v) is 6.87. The summed E-state index contributed by atoms with van der Waals surface area (Å²) in [5, 5.41) is 11.5. The first-order valence-corrected chi connectivity index (χ1v) is 10.0. The average Bonchev–Trinajstić information content (AvgIpc) is 2.83. The fraction of sp³-hybridized carbons (Fsp3) is 0.125. The van der Waals surface area contributed by atoms with Crippen LogP contribution < -0.4 is 18.9 Å². The van der Waals surface area contributed by atoms with Crippen molar-refractivity contribution in [2.24, 2.45) is 0 Å². The van der Waals surface area contributed by atoms with Gasteiger partial charge in [0.25, 0.3) is 0 Å². The van der Waals surface area contributed by atoms with Gasteiger partial charge in [-0.25, -0.2) is 0 Å². The van der Waals surface area contributed by atoms with Crippen LogP contribution in [0.3, 0.4) is 0 Å². The number of nitro groups is 1. The SMILES string of the molecule is COc1ccc(Oc2ccc(/C=C/C(=O)c3ccc(OC(F)F)cc3OC(F)F)cc2[N+](=O)[O-])cc1. The van der Waals surface area contributed by atoms with Crippen molar-refractivity contribution in [1.29, 1.82) is 0 Å². The Morgan fingerprint density at radius 3 is 2.11 bits per heavy atom. The van der Waals surface area contributed by atoms with Gasteiger partial charge in [0.05, 0.1) is 17.6 Å². The molecule has 0 aliphatic rings. The molecule has 0 saturated carbocycles. The van der Waals surface area contributed by atoms with Crippen molar-refractivity contribution in [2.45, 2.75) is 13.2 Å². The lowest BCUT2D eigenvalue weighted by Crippen LogP contribution is -2.08. The van der Waals surface area contributed by atoms with Gasteiger partial charge >= 0.3 is 18.9 Å². The molecule has 0 unspecified atom stereocenters. The van der Waals surface area contributed by atoms with Gasteiger partial charge in [0.2, 0.25) is 5.75 Å². The van der Waals surface area contributed by atoms with Crippen molar-refractivity contribution in [3.05, 3.63) is 88.0 Å². The Balaban J connectivity index is 1.83. The fourth-order valence-electron chi connectivity index (χ4n) is 2.98. The van der Waals surface area contributed by atoms with Crippen LogP contribution in [0.25, 0.3) is 6.08 Å². The molecule has 0 fully saturated rings. The summed E-state index contributed by atoms with van der Waals surface area (Å²) in [4.78, 5) is 23.4. The van der Waals surface area contributed by atoms with E-state index in [0.717, 1.165) is 30.3 Å². The number of methoxy groups -OCH3 is 1. The van der Waals surface area contributed by atoms with E-state index in [1.54, 1.807) is 24.3 Å². The molecule has 0 amide bonds. The minimum absolute atomic E-state index is 0.0594. The lowest BCUT2D eigenvalue weighted by molar-refractivity contribution is -0.385. The van der Waals surface area contributed by atoms with Crippen LogP contribution in [0.2, 0.25) is 0 Å². The second kappa shape index (κ2) is 11.7. The molecular formula is C24H17F4NO7. The summed E-state index contributed by atoms with van der Waals surface area (Å²) >= 11 is 0. The van der Waals surface area contributed by atoms with E-state index in [0.29, 0.717) is 11.5 Å². The number of carbonyl (C=O) groups excluding carboxylic acids is 1. The highest BCUT2D eigenvalue weighted by molar-refractivity contribution is 6.08. The van der Waals surface area contributed by atoms with E-state index in [4.69, 9.17) is 9.47 Å². The largest absolute Gasteiger partial charge is 0.497 e. The van der Waals surface area contributed by atoms with Crippen LogP contribution in [-0.4, -0.2) is 31.0 Å². The summed E-state index contributed by atoms with van der Waals surface area (Å²) in [5.74, 6) is -1.15. The summed E-state index contributed by atoms with van der Waals surface area (Å²) in [5.41, 5.74) is -0.524. The van der Waals surface area contributed by atoms with Crippen LogP contribution in [-0.2, 0) is 0 Å². The predicted octanol–water partition coefficient (Wildman–Crippen LogP) is 6.49. The zero-order valence-electron chi connectivity index (χ0n) is 18.4. The number of ether oxygens (including phenoxy) is 4. The van der Waals surface area contributed by atoms with Crippen LogP contribution in [0.1, 0.15) is 15.9 Å². The first-order valence-electron chi connectivity index (χ1n) is 10.0. The first kappa shape index (κ1) is 26.0. The standard InChI is InChI=1S/C24H17F4NO7/c1-33-15-4-6-16(7-5-15)34-21-11-3-14(12-19(21)29(31)32)2-10-20(30)18-9-8-17(35-23(25)26)13-22(18)36-24(27)28/h2-13,23-24H,1H3/b10-2+. The van der Waals surface area contributed by atoms with Crippen molar-refractivity contribution >= 4 is 17.5 Å². The van der Waals surface area contributed by atoms with Gasteiger partial charge < -0.3 is 18.9 Å². The van der Waals surface area contributed by atoms with Crippen LogP contribution >= 0.6 is 0 Å². The predicted molar refractivity (Wildman–Crippen MR) is 119 cm³/mol. The Morgan fingerprint density at radius 1 is 0.861 bits per heavy atom. The Morgan fingerprint density at radius 2 is 1.50 bits per heavy atom. The van der Waals surface area contributed by atoms with Crippen LogP contribution in [0, 0.1) is 10.1 Å². The Kier molecular flexibility index (Phi) is 8.44. The van der Waals surface area contributed by atoms with Gasteiger partial charge in [-0.05, 0) is 54.1 Å². The maximum Gasteiger partial charge on any atom is 0.387 e. The molecule has 0 heterocycles. The van der Waals surface area contributed by atoms with Gasteiger partial charge in [-0.2, -0.15) is 17.6 Å². The molecule has 36 heavy (non-hydrogen) atoms. The molecule has 3 aromatic carbocycles. The minimum Gasteiger partial charge on any atom is -0.497 e. The smallest absolute Gasteiger partial charge is 0.387 e. The third-order valence-electron chi connectivity index (χ3n) is 4.55. The number of allylic oxidation sites excluding steroid dienone is 1. The number of ketones is 1. The molecule has 3 aromatic rings. The van der Waals surface area contributed by atoms with Gasteiger partial charge in [0.1, 0.15) is 23.0 Å². The normalized spacial score (nSPS) is 11.1. The highest BCUT2D eigenvalue weighted by Gasteiger charge is 2.19. The third kappa shape index (κ3) is 6.95. The second-order valence-electron chi connectivity index (χ2n) is 6.87. The van der Waals surface area contributed by atoms with Gasteiger partial charge in [0, 0.05) is 12.1 Å². The van der Waals surface area contributed by atoms with Crippen molar-refractivity contribution < 1.29 is 46.2 Å². The number of hydrogen-bond acceptors (Lipinski definition) is 7. The number of alkyl halides is 4. The fourth-order valence-corrected chi connectivity index (χ4v) is 2.98. The number of carbonyl (C=O) groups is 1. The molecule has 0 N–H and O–H groups in total. The van der Waals surface area contributed by atoms with Crippen molar-refractivity contribution in [2.75, 3.05) is 7.11 Å². The molecule has 0 aliphatic carbocycles. The highest BCUT2D eigenvalue weighted by Crippen LogP contribution is 2.33. The molecule has 0 radical (unpaired) electrons. The van der Waals surface area contributed by atoms with Crippen LogP contribution in [0.4, 0.5) is 23.2 Å². The molecule has 0 bridgehead atoms.